The average molecular weight is 481 g/mol. The van der Waals surface area contributed by atoms with Crippen molar-refractivity contribution in [3.8, 4) is 0 Å². The molecule has 2 N–H and O–H groups in total. The van der Waals surface area contributed by atoms with Crippen LogP contribution >= 0.6 is 15.9 Å². The number of anilines is 1. The first-order valence-corrected chi connectivity index (χ1v) is 11.3. The van der Waals surface area contributed by atoms with Crippen LogP contribution in [0.3, 0.4) is 0 Å². The average Bonchev–Trinajstić information content (AvgIpc) is 3.45. The summed E-state index contributed by atoms with van der Waals surface area (Å²) >= 11 is 3.36. The molecule has 7 nitrogen and oxygen atoms in total. The van der Waals surface area contributed by atoms with Crippen LogP contribution in [0.25, 0.3) is 0 Å². The molecule has 0 aromatic heterocycles. The van der Waals surface area contributed by atoms with E-state index < -0.39 is 28.5 Å². The van der Waals surface area contributed by atoms with Crippen LogP contribution in [0.5, 0.6) is 0 Å². The fourth-order valence-electron chi connectivity index (χ4n) is 2.59. The van der Waals surface area contributed by atoms with Gasteiger partial charge in [0.15, 0.2) is 6.61 Å². The highest BCUT2D eigenvalue weighted by atomic mass is 79.9. The van der Waals surface area contributed by atoms with E-state index in [4.69, 9.17) is 4.74 Å². The number of hydrogen-bond acceptors (Lipinski definition) is 5. The van der Waals surface area contributed by atoms with Crippen molar-refractivity contribution in [1.29, 1.82) is 0 Å². The lowest BCUT2D eigenvalue weighted by Crippen LogP contribution is -2.26. The van der Waals surface area contributed by atoms with Crippen molar-refractivity contribution in [3.63, 3.8) is 0 Å². The maximum Gasteiger partial charge on any atom is 0.338 e. The third kappa shape index (κ3) is 5.65. The smallest absolute Gasteiger partial charge is 0.338 e. The lowest BCUT2D eigenvalue weighted by Gasteiger charge is -2.11. The van der Waals surface area contributed by atoms with E-state index >= 15 is 0 Å². The van der Waals surface area contributed by atoms with E-state index in [0.29, 0.717) is 15.7 Å². The Balaban J connectivity index is 1.65. The van der Waals surface area contributed by atoms with Gasteiger partial charge in [0.25, 0.3) is 5.91 Å². The largest absolute Gasteiger partial charge is 0.452 e. The summed E-state index contributed by atoms with van der Waals surface area (Å²) in [7, 11) is -3.69. The molecule has 0 aliphatic heterocycles. The summed E-state index contributed by atoms with van der Waals surface area (Å²) < 4.78 is 33.1. The first-order valence-electron chi connectivity index (χ1n) is 9.02. The van der Waals surface area contributed by atoms with Crippen molar-refractivity contribution >= 4 is 43.5 Å². The van der Waals surface area contributed by atoms with Gasteiger partial charge in [-0.15, -0.1) is 0 Å². The van der Waals surface area contributed by atoms with Gasteiger partial charge in [-0.2, -0.15) is 0 Å². The molecule has 0 spiro atoms. The molecule has 1 aliphatic rings. The van der Waals surface area contributed by atoms with Gasteiger partial charge < -0.3 is 10.1 Å². The SMILES string of the molecule is Cc1ccc(NC(=O)COC(=O)c2cc(S(=O)(=O)NC3CC3)ccc2C)c(Br)c1. The molecular weight excluding hydrogens is 460 g/mol. The number of rotatable bonds is 7. The number of esters is 1. The summed E-state index contributed by atoms with van der Waals surface area (Å²) in [5.41, 5.74) is 2.25. The molecule has 29 heavy (non-hydrogen) atoms. The Morgan fingerprint density at radius 3 is 2.52 bits per heavy atom. The first kappa shape index (κ1) is 21.5. The van der Waals surface area contributed by atoms with Crippen LogP contribution in [0.15, 0.2) is 45.8 Å². The summed E-state index contributed by atoms with van der Waals surface area (Å²) in [6.07, 6.45) is 1.62. The molecule has 1 aliphatic carbocycles. The van der Waals surface area contributed by atoms with E-state index in [9.17, 15) is 18.0 Å². The van der Waals surface area contributed by atoms with Crippen LogP contribution in [0.1, 0.15) is 34.3 Å². The van der Waals surface area contributed by atoms with Gasteiger partial charge in [0, 0.05) is 10.5 Å². The Morgan fingerprint density at radius 2 is 1.86 bits per heavy atom. The number of benzene rings is 2. The predicted molar refractivity (Wildman–Crippen MR) is 112 cm³/mol. The van der Waals surface area contributed by atoms with Gasteiger partial charge in [0.1, 0.15) is 0 Å². The minimum atomic E-state index is -3.69. The van der Waals surface area contributed by atoms with E-state index in [-0.39, 0.29) is 16.5 Å². The number of sulfonamides is 1. The molecule has 0 atom stereocenters. The Kier molecular flexibility index (Phi) is 6.40. The van der Waals surface area contributed by atoms with E-state index in [1.165, 1.54) is 12.1 Å². The fraction of sp³-hybridized carbons (Fsp3) is 0.300. The van der Waals surface area contributed by atoms with E-state index in [1.54, 1.807) is 19.1 Å². The molecular formula is C20H21BrN2O5S. The van der Waals surface area contributed by atoms with Crippen LogP contribution in [0.4, 0.5) is 5.69 Å². The summed E-state index contributed by atoms with van der Waals surface area (Å²) in [4.78, 5) is 24.5. The van der Waals surface area contributed by atoms with Crippen molar-refractivity contribution in [2.45, 2.75) is 37.6 Å². The highest BCUT2D eigenvalue weighted by Crippen LogP contribution is 2.24. The van der Waals surface area contributed by atoms with Crippen molar-refractivity contribution in [1.82, 2.24) is 4.72 Å². The Morgan fingerprint density at radius 1 is 1.14 bits per heavy atom. The van der Waals surface area contributed by atoms with E-state index in [2.05, 4.69) is 26.0 Å². The van der Waals surface area contributed by atoms with Crippen LogP contribution in [-0.4, -0.2) is 32.9 Å². The molecule has 2 aromatic carbocycles. The predicted octanol–water partition coefficient (Wildman–Crippen LogP) is 3.30. The van der Waals surface area contributed by atoms with Gasteiger partial charge in [0.2, 0.25) is 10.0 Å². The monoisotopic (exact) mass is 480 g/mol. The van der Waals surface area contributed by atoms with Gasteiger partial charge in [0.05, 0.1) is 16.1 Å². The van der Waals surface area contributed by atoms with Crippen molar-refractivity contribution in [2.24, 2.45) is 0 Å². The topological polar surface area (TPSA) is 102 Å². The van der Waals surface area contributed by atoms with Gasteiger partial charge >= 0.3 is 5.97 Å². The molecule has 2 aromatic rings. The molecule has 1 amide bonds. The van der Waals surface area contributed by atoms with Gasteiger partial charge in [-0.25, -0.2) is 17.9 Å². The zero-order valence-electron chi connectivity index (χ0n) is 16.0. The van der Waals surface area contributed by atoms with Crippen molar-refractivity contribution in [2.75, 3.05) is 11.9 Å². The number of halogens is 1. The van der Waals surface area contributed by atoms with E-state index in [1.807, 2.05) is 19.1 Å². The summed E-state index contributed by atoms with van der Waals surface area (Å²) in [5.74, 6) is -1.26. The minimum Gasteiger partial charge on any atom is -0.452 e. The zero-order valence-corrected chi connectivity index (χ0v) is 18.4. The quantitative estimate of drug-likeness (QED) is 0.591. The standard InChI is InChI=1S/C20H21BrN2O5S/c1-12-3-8-18(17(21)9-12)22-19(24)11-28-20(25)16-10-15(7-4-13(16)2)29(26,27)23-14-5-6-14/h3-4,7-10,14,23H,5-6,11H2,1-2H3,(H,22,24). The second-order valence-corrected chi connectivity index (χ2v) is 9.55. The molecule has 9 heteroatoms. The summed E-state index contributed by atoms with van der Waals surface area (Å²) in [5, 5.41) is 2.65. The summed E-state index contributed by atoms with van der Waals surface area (Å²) in [6, 6.07) is 9.66. The lowest BCUT2D eigenvalue weighted by atomic mass is 10.1. The van der Waals surface area contributed by atoms with Crippen LogP contribution in [0.2, 0.25) is 0 Å². The molecule has 1 fully saturated rings. The van der Waals surface area contributed by atoms with Gasteiger partial charge in [-0.1, -0.05) is 12.1 Å². The van der Waals surface area contributed by atoms with Crippen molar-refractivity contribution < 1.29 is 22.7 Å². The third-order valence-electron chi connectivity index (χ3n) is 4.37. The maximum absolute atomic E-state index is 12.4. The number of carbonyl (C=O) groups is 2. The number of carbonyl (C=O) groups excluding carboxylic acids is 2. The number of ether oxygens (including phenoxy) is 1. The normalized spacial score (nSPS) is 13.8. The molecule has 3 rings (SSSR count). The number of aryl methyl sites for hydroxylation is 2. The third-order valence-corrected chi connectivity index (χ3v) is 6.55. The Hall–Kier alpha value is -2.23. The van der Waals surface area contributed by atoms with Gasteiger partial charge in [-0.05, 0) is 78.0 Å². The molecule has 1 saturated carbocycles. The van der Waals surface area contributed by atoms with Crippen molar-refractivity contribution in [3.05, 3.63) is 57.6 Å². The molecule has 154 valence electrons. The number of amides is 1. The second-order valence-electron chi connectivity index (χ2n) is 6.98. The van der Waals surface area contributed by atoms with Crippen LogP contribution in [-0.2, 0) is 19.6 Å². The van der Waals surface area contributed by atoms with E-state index in [0.717, 1.165) is 18.4 Å². The minimum absolute atomic E-state index is 0.00464. The maximum atomic E-state index is 12.4. The second kappa shape index (κ2) is 8.64. The molecule has 0 unspecified atom stereocenters. The summed E-state index contributed by atoms with van der Waals surface area (Å²) in [6.45, 7) is 3.11. The lowest BCUT2D eigenvalue weighted by molar-refractivity contribution is -0.119. The fourth-order valence-corrected chi connectivity index (χ4v) is 4.52. The number of hydrogen-bond donors (Lipinski definition) is 2. The molecule has 0 heterocycles. The van der Waals surface area contributed by atoms with Crippen LogP contribution < -0.4 is 10.0 Å². The molecule has 0 bridgehead atoms. The number of nitrogens with one attached hydrogen (secondary N) is 2. The van der Waals surface area contributed by atoms with Crippen LogP contribution in [0, 0.1) is 13.8 Å². The van der Waals surface area contributed by atoms with Gasteiger partial charge in [-0.3, -0.25) is 4.79 Å². The highest BCUT2D eigenvalue weighted by molar-refractivity contribution is 9.10. The molecule has 0 radical (unpaired) electrons. The Labute approximate surface area is 178 Å². The first-order chi connectivity index (χ1) is 13.7. The zero-order chi connectivity index (χ0) is 21.2. The molecule has 0 saturated heterocycles. The highest BCUT2D eigenvalue weighted by Gasteiger charge is 2.28. The Bertz CT molecular complexity index is 1060.